The lowest BCUT2D eigenvalue weighted by Gasteiger charge is -2.03. The van der Waals surface area contributed by atoms with Crippen LogP contribution in [-0.4, -0.2) is 24.2 Å². The average molecular weight is 369 g/mol. The normalized spacial score (nSPS) is 10.2. The Morgan fingerprint density at radius 1 is 0.929 bits per heavy atom. The minimum absolute atomic E-state index is 0.346. The molecule has 0 atom stereocenters. The fraction of sp³-hybridized carbons (Fsp3) is 0.240. The second-order valence-corrected chi connectivity index (χ2v) is 5.94. The van der Waals surface area contributed by atoms with E-state index < -0.39 is 0 Å². The molecule has 0 amide bonds. The van der Waals surface area contributed by atoms with Gasteiger partial charge in [-0.2, -0.15) is 0 Å². The van der Waals surface area contributed by atoms with Crippen LogP contribution in [0.4, 0.5) is 0 Å². The monoisotopic (exact) mass is 369 g/mol. The fourth-order valence-electron chi connectivity index (χ4n) is 2.35. The predicted octanol–water partition coefficient (Wildman–Crippen LogP) is 3.99. The molecule has 2 aromatic rings. The molecule has 2 rings (SSSR count). The van der Waals surface area contributed by atoms with E-state index in [-0.39, 0.29) is 0 Å². The Bertz CT molecular complexity index is 931. The zero-order valence-corrected chi connectivity index (χ0v) is 15.9. The average Bonchev–Trinajstić information content (AvgIpc) is 2.72. The Balaban J connectivity index is 1.84. The van der Waals surface area contributed by atoms with Gasteiger partial charge in [0.1, 0.15) is 6.61 Å². The molecule has 0 spiro atoms. The Kier molecular flexibility index (Phi) is 9.56. The molecule has 0 N–H and O–H groups in total. The van der Waals surface area contributed by atoms with E-state index in [1.807, 2.05) is 54.6 Å². The molecule has 0 heterocycles. The first-order valence-electron chi connectivity index (χ1n) is 9.18. The van der Waals surface area contributed by atoms with E-state index in [1.54, 1.807) is 6.21 Å². The van der Waals surface area contributed by atoms with Crippen LogP contribution >= 0.6 is 0 Å². The molecule has 0 fully saturated rings. The third-order valence-electron chi connectivity index (χ3n) is 3.72. The molecule has 0 saturated carbocycles. The summed E-state index contributed by atoms with van der Waals surface area (Å²) >= 11 is 0. The molecule has 0 aliphatic heterocycles. The molecule has 0 unspecified atom stereocenters. The Morgan fingerprint density at radius 2 is 1.61 bits per heavy atom. The highest BCUT2D eigenvalue weighted by Gasteiger charge is 1.97. The van der Waals surface area contributed by atoms with Gasteiger partial charge in [-0.25, -0.2) is 4.74 Å². The number of terminal acetylenes is 1. The molecule has 0 aliphatic rings. The van der Waals surface area contributed by atoms with Gasteiger partial charge in [-0.15, -0.1) is 12.3 Å². The van der Waals surface area contributed by atoms with Crippen LogP contribution < -0.4 is 0 Å². The minimum Gasteiger partial charge on any atom is -0.624 e. The third kappa shape index (κ3) is 8.29. The zero-order valence-electron chi connectivity index (χ0n) is 15.9. The van der Waals surface area contributed by atoms with Crippen LogP contribution in [0.2, 0.25) is 0 Å². The van der Waals surface area contributed by atoms with Gasteiger partial charge >= 0.3 is 0 Å². The van der Waals surface area contributed by atoms with Crippen LogP contribution in [0.1, 0.15) is 36.0 Å². The maximum Gasteiger partial charge on any atom is 0.178 e. The number of hydrogen-bond donors (Lipinski definition) is 0. The predicted molar refractivity (Wildman–Crippen MR) is 114 cm³/mol. The number of hydroxylamine groups is 1. The quantitative estimate of drug-likeness (QED) is 0.185. The third-order valence-corrected chi connectivity index (χ3v) is 3.72. The highest BCUT2D eigenvalue weighted by Crippen LogP contribution is 2.05. The standard InChI is InChI=1S/C25H23NO2/c1-2-3-20-28-21-12-18-25-17-10-9-16-24(25)15-8-5-11-19-26(27)22-23-13-6-4-7-14-23/h1,4,6-7,9-10,13-14,16-17,19H,3,5,11,20-22H2/b26-19-. The van der Waals surface area contributed by atoms with Crippen LogP contribution in [0, 0.1) is 41.2 Å². The molecule has 0 bridgehead atoms. The van der Waals surface area contributed by atoms with E-state index >= 15 is 0 Å². The van der Waals surface area contributed by atoms with Crippen LogP contribution in [0.15, 0.2) is 54.6 Å². The van der Waals surface area contributed by atoms with Crippen molar-refractivity contribution in [3.05, 3.63) is 76.5 Å². The Morgan fingerprint density at radius 3 is 2.32 bits per heavy atom. The Labute approximate surface area is 167 Å². The van der Waals surface area contributed by atoms with Gasteiger partial charge in [0.25, 0.3) is 0 Å². The molecular formula is C25H23NO2. The van der Waals surface area contributed by atoms with Crippen molar-refractivity contribution in [3.8, 4) is 36.0 Å². The second-order valence-electron chi connectivity index (χ2n) is 5.94. The number of nitrogens with zero attached hydrogens (tertiary/aromatic N) is 1. The van der Waals surface area contributed by atoms with Crippen molar-refractivity contribution in [1.29, 1.82) is 0 Å². The lowest BCUT2D eigenvalue weighted by atomic mass is 10.1. The lowest BCUT2D eigenvalue weighted by Crippen LogP contribution is -2.04. The molecule has 3 heteroatoms. The van der Waals surface area contributed by atoms with E-state index in [2.05, 4.69) is 29.6 Å². The summed E-state index contributed by atoms with van der Waals surface area (Å²) in [6.07, 6.45) is 8.63. The molecule has 2 aromatic carbocycles. The van der Waals surface area contributed by atoms with Crippen LogP contribution in [0.3, 0.4) is 0 Å². The van der Waals surface area contributed by atoms with Crippen molar-refractivity contribution in [3.63, 3.8) is 0 Å². The van der Waals surface area contributed by atoms with E-state index in [4.69, 9.17) is 11.2 Å². The number of unbranched alkanes of at least 4 members (excludes halogenated alkanes) is 1. The van der Waals surface area contributed by atoms with Crippen LogP contribution in [0.5, 0.6) is 0 Å². The lowest BCUT2D eigenvalue weighted by molar-refractivity contribution is -0.471. The van der Waals surface area contributed by atoms with Crippen molar-refractivity contribution < 1.29 is 9.48 Å². The maximum absolute atomic E-state index is 11.9. The maximum atomic E-state index is 11.9. The first-order valence-corrected chi connectivity index (χ1v) is 9.18. The van der Waals surface area contributed by atoms with Gasteiger partial charge in [-0.3, -0.25) is 0 Å². The topological polar surface area (TPSA) is 35.3 Å². The largest absolute Gasteiger partial charge is 0.624 e. The van der Waals surface area contributed by atoms with Crippen molar-refractivity contribution in [2.75, 3.05) is 13.2 Å². The second kappa shape index (κ2) is 12.8. The summed E-state index contributed by atoms with van der Waals surface area (Å²) in [6.45, 7) is 1.22. The molecule has 0 radical (unpaired) electrons. The summed E-state index contributed by atoms with van der Waals surface area (Å²) in [5, 5.41) is 11.9. The molecular weight excluding hydrogens is 346 g/mol. The van der Waals surface area contributed by atoms with E-state index in [9.17, 15) is 5.21 Å². The van der Waals surface area contributed by atoms with Crippen molar-refractivity contribution in [2.24, 2.45) is 0 Å². The van der Waals surface area contributed by atoms with Gasteiger partial charge in [0, 0.05) is 36.0 Å². The summed E-state index contributed by atoms with van der Waals surface area (Å²) in [6, 6.07) is 17.4. The van der Waals surface area contributed by atoms with Gasteiger partial charge in [-0.05, 0) is 12.1 Å². The number of hydrogen-bond acceptors (Lipinski definition) is 2. The van der Waals surface area contributed by atoms with Gasteiger partial charge < -0.3 is 9.94 Å². The Hall–Kier alpha value is -3.45. The molecule has 0 aliphatic carbocycles. The molecule has 3 nitrogen and oxygen atoms in total. The van der Waals surface area contributed by atoms with Gasteiger partial charge in [-0.1, -0.05) is 66.1 Å². The highest BCUT2D eigenvalue weighted by molar-refractivity contribution is 5.53. The molecule has 0 aromatic heterocycles. The summed E-state index contributed by atoms with van der Waals surface area (Å²) in [5.74, 6) is 14.8. The smallest absolute Gasteiger partial charge is 0.178 e. The summed E-state index contributed by atoms with van der Waals surface area (Å²) in [4.78, 5) is 0. The van der Waals surface area contributed by atoms with Crippen molar-refractivity contribution in [1.82, 2.24) is 0 Å². The first kappa shape index (κ1) is 20.9. The van der Waals surface area contributed by atoms with E-state index in [0.717, 1.165) is 21.4 Å². The summed E-state index contributed by atoms with van der Waals surface area (Å²) < 4.78 is 6.28. The van der Waals surface area contributed by atoms with Gasteiger partial charge in [0.05, 0.1) is 6.61 Å². The van der Waals surface area contributed by atoms with Gasteiger partial charge in [0.2, 0.25) is 0 Å². The number of benzene rings is 2. The summed E-state index contributed by atoms with van der Waals surface area (Å²) in [5.41, 5.74) is 2.74. The summed E-state index contributed by atoms with van der Waals surface area (Å²) in [7, 11) is 0. The molecule has 140 valence electrons. The van der Waals surface area contributed by atoms with Crippen molar-refractivity contribution in [2.45, 2.75) is 25.8 Å². The fourth-order valence-corrected chi connectivity index (χ4v) is 2.35. The SMILES string of the molecule is C#CCCOCC#Cc1ccccc1C#CCC/C=[N+](\[O-])Cc1ccccc1. The van der Waals surface area contributed by atoms with E-state index in [1.165, 1.54) is 0 Å². The van der Waals surface area contributed by atoms with E-state index in [0.29, 0.717) is 39.0 Å². The van der Waals surface area contributed by atoms with Crippen molar-refractivity contribution >= 4 is 6.21 Å². The molecule has 0 saturated heterocycles. The highest BCUT2D eigenvalue weighted by atomic mass is 16.5. The van der Waals surface area contributed by atoms with Crippen LogP contribution in [0.25, 0.3) is 0 Å². The molecule has 28 heavy (non-hydrogen) atoms. The van der Waals surface area contributed by atoms with Crippen LogP contribution in [-0.2, 0) is 11.3 Å². The number of ether oxygens (including phenoxy) is 1. The van der Waals surface area contributed by atoms with Gasteiger partial charge in [0.15, 0.2) is 12.8 Å². The first-order chi connectivity index (χ1) is 13.8. The number of rotatable bonds is 7. The zero-order chi connectivity index (χ0) is 19.9. The minimum atomic E-state index is 0.346.